The van der Waals surface area contributed by atoms with Crippen molar-refractivity contribution < 1.29 is 4.42 Å². The van der Waals surface area contributed by atoms with Crippen molar-refractivity contribution in [2.24, 2.45) is 5.73 Å². The Labute approximate surface area is 113 Å². The van der Waals surface area contributed by atoms with Gasteiger partial charge in [-0.05, 0) is 47.7 Å². The lowest BCUT2D eigenvalue weighted by Crippen LogP contribution is -2.10. The molecule has 1 heterocycles. The van der Waals surface area contributed by atoms with Gasteiger partial charge in [-0.25, -0.2) is 0 Å². The molecule has 0 bridgehead atoms. The summed E-state index contributed by atoms with van der Waals surface area (Å²) in [7, 11) is 0. The van der Waals surface area contributed by atoms with Crippen LogP contribution in [-0.4, -0.2) is 0 Å². The quantitative estimate of drug-likeness (QED) is 0.872. The highest BCUT2D eigenvalue weighted by molar-refractivity contribution is 6.28. The van der Waals surface area contributed by atoms with E-state index in [4.69, 9.17) is 21.8 Å². The number of nitrogens with two attached hydrogens (primary N) is 1. The van der Waals surface area contributed by atoms with Crippen LogP contribution in [0.5, 0.6) is 0 Å². The average Bonchev–Trinajstić information content (AvgIpc) is 2.83. The summed E-state index contributed by atoms with van der Waals surface area (Å²) in [6.07, 6.45) is 3.56. The number of furan rings is 1. The van der Waals surface area contributed by atoms with Crippen LogP contribution in [0.1, 0.15) is 42.7 Å². The first-order valence-electron chi connectivity index (χ1n) is 6.30. The van der Waals surface area contributed by atoms with Crippen LogP contribution in [0.2, 0.25) is 5.22 Å². The third-order valence-corrected chi connectivity index (χ3v) is 3.26. The number of aryl methyl sites for hydroxylation is 1. The molecule has 2 rings (SSSR count). The van der Waals surface area contributed by atoms with E-state index in [1.807, 2.05) is 6.07 Å². The number of unbranched alkanes of at least 4 members (excludes halogenated alkanes) is 1. The molecule has 2 aromatic rings. The molecular formula is C15H18ClNO. The summed E-state index contributed by atoms with van der Waals surface area (Å²) in [5.74, 6) is 0.696. The monoisotopic (exact) mass is 263 g/mol. The van der Waals surface area contributed by atoms with Gasteiger partial charge in [-0.3, -0.25) is 0 Å². The Morgan fingerprint density at radius 3 is 2.44 bits per heavy atom. The summed E-state index contributed by atoms with van der Waals surface area (Å²) in [6.45, 7) is 2.20. The Balaban J connectivity index is 2.09. The van der Waals surface area contributed by atoms with Gasteiger partial charge < -0.3 is 10.2 Å². The highest BCUT2D eigenvalue weighted by Gasteiger charge is 2.12. The largest absolute Gasteiger partial charge is 0.448 e. The van der Waals surface area contributed by atoms with Crippen molar-refractivity contribution in [3.63, 3.8) is 0 Å². The van der Waals surface area contributed by atoms with Gasteiger partial charge in [0.25, 0.3) is 0 Å². The predicted octanol–water partition coefficient (Wildman–Crippen LogP) is 4.32. The summed E-state index contributed by atoms with van der Waals surface area (Å²) in [5, 5.41) is 0.375. The first-order chi connectivity index (χ1) is 8.70. The minimum absolute atomic E-state index is 0.252. The molecule has 0 aliphatic carbocycles. The van der Waals surface area contributed by atoms with Crippen molar-refractivity contribution in [2.45, 2.75) is 32.2 Å². The molecule has 96 valence electrons. The topological polar surface area (TPSA) is 39.2 Å². The van der Waals surface area contributed by atoms with Crippen molar-refractivity contribution in [2.75, 3.05) is 0 Å². The molecule has 1 atom stereocenters. The molecule has 1 aromatic heterocycles. The van der Waals surface area contributed by atoms with E-state index in [1.165, 1.54) is 18.4 Å². The summed E-state index contributed by atoms with van der Waals surface area (Å²) in [5.41, 5.74) is 8.52. The fourth-order valence-electron chi connectivity index (χ4n) is 1.93. The van der Waals surface area contributed by atoms with Crippen molar-refractivity contribution in [3.05, 3.63) is 58.5 Å². The van der Waals surface area contributed by atoms with Gasteiger partial charge in [-0.1, -0.05) is 37.6 Å². The predicted molar refractivity (Wildman–Crippen MR) is 74.8 cm³/mol. The van der Waals surface area contributed by atoms with Crippen LogP contribution in [0, 0.1) is 0 Å². The second-order valence-electron chi connectivity index (χ2n) is 4.46. The fraction of sp³-hybridized carbons (Fsp3) is 0.333. The molecular weight excluding hydrogens is 246 g/mol. The van der Waals surface area contributed by atoms with Crippen molar-refractivity contribution in [1.29, 1.82) is 0 Å². The molecule has 2 N–H and O–H groups in total. The van der Waals surface area contributed by atoms with E-state index in [2.05, 4.69) is 31.2 Å². The molecule has 0 fully saturated rings. The summed E-state index contributed by atoms with van der Waals surface area (Å²) >= 11 is 5.75. The van der Waals surface area contributed by atoms with Gasteiger partial charge in [-0.2, -0.15) is 0 Å². The summed E-state index contributed by atoms with van der Waals surface area (Å²) in [4.78, 5) is 0. The van der Waals surface area contributed by atoms with E-state index in [0.29, 0.717) is 11.0 Å². The Morgan fingerprint density at radius 2 is 1.89 bits per heavy atom. The molecule has 0 saturated carbocycles. The van der Waals surface area contributed by atoms with Gasteiger partial charge in [0.15, 0.2) is 5.22 Å². The first-order valence-corrected chi connectivity index (χ1v) is 6.68. The zero-order chi connectivity index (χ0) is 13.0. The second-order valence-corrected chi connectivity index (χ2v) is 4.84. The van der Waals surface area contributed by atoms with Gasteiger partial charge in [0.2, 0.25) is 0 Å². The average molecular weight is 264 g/mol. The zero-order valence-electron chi connectivity index (χ0n) is 10.5. The highest BCUT2D eigenvalue weighted by Crippen LogP contribution is 2.24. The molecule has 0 saturated heterocycles. The highest BCUT2D eigenvalue weighted by atomic mass is 35.5. The molecule has 18 heavy (non-hydrogen) atoms. The molecule has 2 nitrogen and oxygen atoms in total. The van der Waals surface area contributed by atoms with E-state index >= 15 is 0 Å². The lowest BCUT2D eigenvalue weighted by Gasteiger charge is -2.10. The maximum Gasteiger partial charge on any atom is 0.193 e. The Hall–Kier alpha value is -1.25. The second kappa shape index (κ2) is 6.07. The van der Waals surface area contributed by atoms with Crippen LogP contribution in [0.15, 0.2) is 40.8 Å². The van der Waals surface area contributed by atoms with E-state index in [-0.39, 0.29) is 6.04 Å². The fourth-order valence-corrected chi connectivity index (χ4v) is 2.08. The summed E-state index contributed by atoms with van der Waals surface area (Å²) in [6, 6.07) is 11.7. The molecule has 0 amide bonds. The van der Waals surface area contributed by atoms with Crippen molar-refractivity contribution in [1.82, 2.24) is 0 Å². The van der Waals surface area contributed by atoms with E-state index in [1.54, 1.807) is 6.07 Å². The molecule has 0 aliphatic rings. The molecule has 3 heteroatoms. The van der Waals surface area contributed by atoms with Gasteiger partial charge in [0.1, 0.15) is 5.76 Å². The summed E-state index contributed by atoms with van der Waals surface area (Å²) < 4.78 is 5.34. The van der Waals surface area contributed by atoms with Crippen LogP contribution in [0.3, 0.4) is 0 Å². The SMILES string of the molecule is CCCCc1ccc(C(N)c2ccc(Cl)o2)cc1. The third kappa shape index (κ3) is 3.15. The third-order valence-electron chi connectivity index (χ3n) is 3.06. The smallest absolute Gasteiger partial charge is 0.193 e. The van der Waals surface area contributed by atoms with Crippen LogP contribution in [-0.2, 0) is 6.42 Å². The van der Waals surface area contributed by atoms with Crippen molar-refractivity contribution in [3.8, 4) is 0 Å². The van der Waals surface area contributed by atoms with Gasteiger partial charge in [-0.15, -0.1) is 0 Å². The number of hydrogen-bond donors (Lipinski definition) is 1. The van der Waals surface area contributed by atoms with Crippen LogP contribution >= 0.6 is 11.6 Å². The Morgan fingerprint density at radius 1 is 1.17 bits per heavy atom. The number of halogens is 1. The van der Waals surface area contributed by atoms with Gasteiger partial charge in [0.05, 0.1) is 6.04 Å². The Bertz CT molecular complexity index is 489. The van der Waals surface area contributed by atoms with E-state index in [0.717, 1.165) is 12.0 Å². The normalized spacial score (nSPS) is 12.6. The van der Waals surface area contributed by atoms with Gasteiger partial charge >= 0.3 is 0 Å². The minimum atomic E-state index is -0.252. The number of benzene rings is 1. The van der Waals surface area contributed by atoms with Crippen molar-refractivity contribution >= 4 is 11.6 Å². The number of rotatable bonds is 5. The van der Waals surface area contributed by atoms with Crippen LogP contribution < -0.4 is 5.73 Å². The van der Waals surface area contributed by atoms with Gasteiger partial charge in [0, 0.05) is 0 Å². The molecule has 0 spiro atoms. The first kappa shape index (κ1) is 13.2. The molecule has 1 aromatic carbocycles. The molecule has 0 aliphatic heterocycles. The lowest BCUT2D eigenvalue weighted by molar-refractivity contribution is 0.491. The van der Waals surface area contributed by atoms with Crippen LogP contribution in [0.4, 0.5) is 0 Å². The minimum Gasteiger partial charge on any atom is -0.448 e. The zero-order valence-corrected chi connectivity index (χ0v) is 11.3. The molecule has 1 unspecified atom stereocenters. The van der Waals surface area contributed by atoms with E-state index < -0.39 is 0 Å². The lowest BCUT2D eigenvalue weighted by atomic mass is 10.0. The van der Waals surface area contributed by atoms with Crippen LogP contribution in [0.25, 0.3) is 0 Å². The standard InChI is InChI=1S/C15H18ClNO/c1-2-3-4-11-5-7-12(8-6-11)15(17)13-9-10-14(16)18-13/h5-10,15H,2-4,17H2,1H3. The molecule has 0 radical (unpaired) electrons. The maximum atomic E-state index is 6.13. The Kier molecular flexibility index (Phi) is 4.45. The maximum absolute atomic E-state index is 6.13. The van der Waals surface area contributed by atoms with E-state index in [9.17, 15) is 0 Å². The number of hydrogen-bond acceptors (Lipinski definition) is 2.